The average Bonchev–Trinajstić information content (AvgIpc) is 2.77. The molecule has 6 amide bonds. The number of aryl methyl sites for hydroxylation is 3. The number of barbiturate groups is 1. The average molecular weight is 555 g/mol. The lowest BCUT2D eigenvalue weighted by Crippen LogP contribution is -2.59. The monoisotopic (exact) mass is 554 g/mol. The number of nitrogens with zero attached hydrogens (tertiary/aromatic N) is 2. The van der Waals surface area contributed by atoms with Crippen molar-refractivity contribution in [3.8, 4) is 0 Å². The zero-order chi connectivity index (χ0) is 25.6. The van der Waals surface area contributed by atoms with Crippen molar-refractivity contribution < 1.29 is 24.0 Å². The second kappa shape index (κ2) is 9.16. The van der Waals surface area contributed by atoms with E-state index < -0.39 is 41.2 Å². The molecule has 0 bridgehead atoms. The van der Waals surface area contributed by atoms with Gasteiger partial charge in [0.15, 0.2) is 5.11 Å². The summed E-state index contributed by atoms with van der Waals surface area (Å²) >= 11 is 8.57. The van der Waals surface area contributed by atoms with Crippen LogP contribution in [-0.4, -0.2) is 34.8 Å². The van der Waals surface area contributed by atoms with Crippen LogP contribution >= 0.6 is 28.1 Å². The number of imide groups is 2. The molecule has 2 aliphatic rings. The largest absolute Gasteiger partial charge is 0.335 e. The number of nitrogens with one attached hydrogen (secondary N) is 2. The van der Waals surface area contributed by atoms with Crippen molar-refractivity contribution in [1.82, 2.24) is 10.6 Å². The zero-order valence-electron chi connectivity index (χ0n) is 18.8. The second-order valence-electron chi connectivity index (χ2n) is 8.13. The maximum Gasteiger partial charge on any atom is 0.335 e. The summed E-state index contributed by atoms with van der Waals surface area (Å²) in [5.41, 5.74) is 2.82. The van der Waals surface area contributed by atoms with Crippen LogP contribution in [0.1, 0.15) is 16.7 Å². The van der Waals surface area contributed by atoms with Crippen LogP contribution in [0.15, 0.2) is 52.5 Å². The molecule has 0 unspecified atom stereocenters. The molecule has 2 heterocycles. The number of amides is 6. The normalized spacial score (nSPS) is 19.9. The Labute approximate surface area is 214 Å². The van der Waals surface area contributed by atoms with Gasteiger partial charge in [0.25, 0.3) is 11.8 Å². The van der Waals surface area contributed by atoms with Gasteiger partial charge in [-0.15, -0.1) is 0 Å². The molecule has 11 heteroatoms. The van der Waals surface area contributed by atoms with Gasteiger partial charge in [-0.25, -0.2) is 9.69 Å². The van der Waals surface area contributed by atoms with Gasteiger partial charge in [-0.3, -0.25) is 29.4 Å². The Balaban J connectivity index is 1.72. The Hall–Kier alpha value is -3.70. The Morgan fingerprint density at radius 1 is 0.857 bits per heavy atom. The Bertz CT molecular complexity index is 1390. The summed E-state index contributed by atoms with van der Waals surface area (Å²) in [4.78, 5) is 66.2. The van der Waals surface area contributed by atoms with E-state index in [2.05, 4.69) is 26.6 Å². The molecule has 2 fully saturated rings. The van der Waals surface area contributed by atoms with E-state index in [0.29, 0.717) is 5.69 Å². The van der Waals surface area contributed by atoms with E-state index in [-0.39, 0.29) is 10.8 Å². The van der Waals surface area contributed by atoms with E-state index in [9.17, 15) is 24.0 Å². The number of carbonyl (C=O) groups excluding carboxylic acids is 5. The number of urea groups is 1. The minimum absolute atomic E-state index is 0.112. The third-order valence-corrected chi connectivity index (χ3v) is 6.96. The third kappa shape index (κ3) is 4.40. The number of hydrogen-bond donors (Lipinski definition) is 2. The van der Waals surface area contributed by atoms with Crippen LogP contribution in [0.4, 0.5) is 16.2 Å². The highest BCUT2D eigenvalue weighted by Gasteiger charge is 2.42. The van der Waals surface area contributed by atoms with Crippen molar-refractivity contribution in [2.75, 3.05) is 9.80 Å². The van der Waals surface area contributed by atoms with Gasteiger partial charge in [-0.2, -0.15) is 0 Å². The number of benzene rings is 2. The van der Waals surface area contributed by atoms with E-state index >= 15 is 0 Å². The highest BCUT2D eigenvalue weighted by molar-refractivity contribution is 9.10. The standard InChI is InChI=1S/C24H19BrN4O5S/c1-11-4-5-15(8-12(11)2)29-22(33)17(20(31)27-24(29)35)10-16-19(30)26-23(34)28(21(16)32)14-6-7-18(25)13(3)9-14/h4-10,17H,1-3H3,(H,26,30,34)(H,27,31,35)/b16-10-/t17-/m0/s1. The van der Waals surface area contributed by atoms with Gasteiger partial charge >= 0.3 is 6.03 Å². The van der Waals surface area contributed by atoms with Gasteiger partial charge in [0.1, 0.15) is 11.5 Å². The second-order valence-corrected chi connectivity index (χ2v) is 9.37. The first-order chi connectivity index (χ1) is 16.5. The van der Waals surface area contributed by atoms with Crippen LogP contribution in [0.5, 0.6) is 0 Å². The van der Waals surface area contributed by atoms with E-state index in [1.807, 2.05) is 19.9 Å². The van der Waals surface area contributed by atoms with Gasteiger partial charge in [0.05, 0.1) is 11.4 Å². The van der Waals surface area contributed by atoms with Crippen LogP contribution in [0, 0.1) is 26.7 Å². The summed E-state index contributed by atoms with van der Waals surface area (Å²) in [5, 5.41) is 4.43. The third-order valence-electron chi connectivity index (χ3n) is 5.79. The number of thiocarbonyl (C=S) groups is 1. The van der Waals surface area contributed by atoms with Crippen molar-refractivity contribution in [2.45, 2.75) is 20.8 Å². The highest BCUT2D eigenvalue weighted by Crippen LogP contribution is 2.28. The van der Waals surface area contributed by atoms with E-state index in [1.54, 1.807) is 31.2 Å². The lowest BCUT2D eigenvalue weighted by Gasteiger charge is -2.32. The summed E-state index contributed by atoms with van der Waals surface area (Å²) < 4.78 is 0.768. The Morgan fingerprint density at radius 2 is 1.49 bits per heavy atom. The molecule has 1 atom stereocenters. The molecule has 0 radical (unpaired) electrons. The molecule has 2 aliphatic heterocycles. The maximum absolute atomic E-state index is 13.3. The van der Waals surface area contributed by atoms with Crippen LogP contribution in [0.25, 0.3) is 0 Å². The molecule has 35 heavy (non-hydrogen) atoms. The minimum Gasteiger partial charge on any atom is -0.301 e. The predicted molar refractivity (Wildman–Crippen MR) is 136 cm³/mol. The molecular weight excluding hydrogens is 536 g/mol. The number of hydrogen-bond acceptors (Lipinski definition) is 6. The fourth-order valence-corrected chi connectivity index (χ4v) is 4.24. The smallest absolute Gasteiger partial charge is 0.301 e. The van der Waals surface area contributed by atoms with Crippen molar-refractivity contribution in [2.24, 2.45) is 5.92 Å². The molecule has 4 rings (SSSR count). The molecule has 178 valence electrons. The first-order valence-corrected chi connectivity index (χ1v) is 11.6. The highest BCUT2D eigenvalue weighted by atomic mass is 79.9. The molecule has 0 aromatic heterocycles. The molecular formula is C24H19BrN4O5S. The summed E-state index contributed by atoms with van der Waals surface area (Å²) in [6.45, 7) is 5.56. The van der Waals surface area contributed by atoms with Gasteiger partial charge < -0.3 is 5.32 Å². The molecule has 0 saturated carbocycles. The van der Waals surface area contributed by atoms with Crippen molar-refractivity contribution >= 4 is 74.3 Å². The fourth-order valence-electron chi connectivity index (χ4n) is 3.69. The topological polar surface area (TPSA) is 116 Å². The first-order valence-electron chi connectivity index (χ1n) is 10.4. The van der Waals surface area contributed by atoms with Crippen LogP contribution < -0.4 is 20.4 Å². The quantitative estimate of drug-likeness (QED) is 0.261. The van der Waals surface area contributed by atoms with Crippen molar-refractivity contribution in [1.29, 1.82) is 0 Å². The maximum atomic E-state index is 13.3. The SMILES string of the molecule is Cc1ccc(N2C(=O)[C@@H](/C=C3/C(=O)NC(=O)N(c4ccc(Br)c(C)c4)C3=O)C(=O)NC2=S)cc1C. The molecule has 0 spiro atoms. The first kappa shape index (κ1) is 24.4. The van der Waals surface area contributed by atoms with Gasteiger partial charge in [-0.05, 0) is 86.1 Å². The van der Waals surface area contributed by atoms with E-state index in [1.165, 1.54) is 6.07 Å². The molecule has 2 aromatic rings. The number of rotatable bonds is 3. The predicted octanol–water partition coefficient (Wildman–Crippen LogP) is 2.95. The minimum atomic E-state index is -1.52. The van der Waals surface area contributed by atoms with Crippen LogP contribution in [0.2, 0.25) is 0 Å². The summed E-state index contributed by atoms with van der Waals surface area (Å²) in [7, 11) is 0. The summed E-state index contributed by atoms with van der Waals surface area (Å²) in [6, 6.07) is 9.08. The van der Waals surface area contributed by atoms with Gasteiger partial charge in [0, 0.05) is 4.47 Å². The van der Waals surface area contributed by atoms with Crippen LogP contribution in [0.3, 0.4) is 0 Å². The molecule has 2 saturated heterocycles. The molecule has 9 nitrogen and oxygen atoms in total. The molecule has 2 N–H and O–H groups in total. The van der Waals surface area contributed by atoms with Crippen LogP contribution in [-0.2, 0) is 19.2 Å². The Kier molecular flexibility index (Phi) is 6.39. The van der Waals surface area contributed by atoms with E-state index in [4.69, 9.17) is 12.2 Å². The molecule has 0 aliphatic carbocycles. The number of halogens is 1. The summed E-state index contributed by atoms with van der Waals surface area (Å²) in [6.07, 6.45) is 0.969. The van der Waals surface area contributed by atoms with Crippen molar-refractivity contribution in [3.63, 3.8) is 0 Å². The lowest BCUT2D eigenvalue weighted by atomic mass is 9.98. The number of anilines is 2. The molecule has 2 aromatic carbocycles. The van der Waals surface area contributed by atoms with Gasteiger partial charge in [0.2, 0.25) is 11.8 Å². The van der Waals surface area contributed by atoms with Crippen molar-refractivity contribution in [3.05, 3.63) is 69.2 Å². The lowest BCUT2D eigenvalue weighted by molar-refractivity contribution is -0.131. The summed E-state index contributed by atoms with van der Waals surface area (Å²) in [5.74, 6) is -4.98. The van der Waals surface area contributed by atoms with Gasteiger partial charge in [-0.1, -0.05) is 22.0 Å². The zero-order valence-corrected chi connectivity index (χ0v) is 21.2. The van der Waals surface area contributed by atoms with E-state index in [0.717, 1.165) is 37.0 Å². The Morgan fingerprint density at radius 3 is 2.14 bits per heavy atom. The number of carbonyl (C=O) groups is 5. The fraction of sp³-hybridized carbons (Fsp3) is 0.167.